The fourth-order valence-electron chi connectivity index (χ4n) is 1.09. The van der Waals surface area contributed by atoms with Crippen molar-refractivity contribution in [3.05, 3.63) is 12.2 Å². The van der Waals surface area contributed by atoms with Gasteiger partial charge in [-0.15, -0.1) is 0 Å². The molecule has 0 bridgehead atoms. The van der Waals surface area contributed by atoms with Crippen LogP contribution in [0.4, 0.5) is 0 Å². The first kappa shape index (κ1) is 10.5. The highest BCUT2D eigenvalue weighted by molar-refractivity contribution is 14.1. The Morgan fingerprint density at radius 1 is 1.58 bits per heavy atom. The summed E-state index contributed by atoms with van der Waals surface area (Å²) in [4.78, 5) is 0. The van der Waals surface area contributed by atoms with Gasteiger partial charge in [0, 0.05) is 11.0 Å². The number of ether oxygens (including phenoxy) is 2. The third-order valence-electron chi connectivity index (χ3n) is 1.80. The average Bonchev–Trinajstić information content (AvgIpc) is 2.16. The highest BCUT2D eigenvalue weighted by Crippen LogP contribution is 2.14. The highest BCUT2D eigenvalue weighted by atomic mass is 127. The normalized spacial score (nSPS) is 23.9. The predicted molar refractivity (Wildman–Crippen MR) is 57.6 cm³/mol. The van der Waals surface area contributed by atoms with Crippen LogP contribution in [-0.4, -0.2) is 23.9 Å². The van der Waals surface area contributed by atoms with E-state index in [-0.39, 0.29) is 6.29 Å². The molecule has 2 nitrogen and oxygen atoms in total. The summed E-state index contributed by atoms with van der Waals surface area (Å²) in [6, 6.07) is 0. The molecule has 12 heavy (non-hydrogen) atoms. The van der Waals surface area contributed by atoms with Gasteiger partial charge >= 0.3 is 0 Å². The van der Waals surface area contributed by atoms with Crippen LogP contribution in [0.1, 0.15) is 19.3 Å². The van der Waals surface area contributed by atoms with Gasteiger partial charge in [0.2, 0.25) is 0 Å². The quantitative estimate of drug-likeness (QED) is 0.448. The highest BCUT2D eigenvalue weighted by Gasteiger charge is 2.13. The van der Waals surface area contributed by atoms with Crippen molar-refractivity contribution < 1.29 is 9.47 Å². The molecule has 0 radical (unpaired) electrons. The van der Waals surface area contributed by atoms with Crippen LogP contribution in [0.2, 0.25) is 0 Å². The van der Waals surface area contributed by atoms with E-state index in [1.165, 1.54) is 12.8 Å². The molecule has 1 heterocycles. The molecule has 1 fully saturated rings. The minimum Gasteiger partial charge on any atom is -0.353 e. The third-order valence-corrected chi connectivity index (χ3v) is 2.88. The Morgan fingerprint density at radius 3 is 3.00 bits per heavy atom. The Morgan fingerprint density at radius 2 is 2.42 bits per heavy atom. The molecule has 3 heteroatoms. The first-order valence-corrected chi connectivity index (χ1v) is 5.81. The van der Waals surface area contributed by atoms with Crippen molar-refractivity contribution in [3.63, 3.8) is 0 Å². The van der Waals surface area contributed by atoms with Gasteiger partial charge in [-0.2, -0.15) is 0 Å². The molecule has 0 aromatic rings. The van der Waals surface area contributed by atoms with Crippen molar-refractivity contribution in [1.82, 2.24) is 0 Å². The van der Waals surface area contributed by atoms with Crippen LogP contribution >= 0.6 is 22.6 Å². The van der Waals surface area contributed by atoms with Gasteiger partial charge in [0.05, 0.1) is 6.61 Å². The van der Waals surface area contributed by atoms with Crippen LogP contribution in [-0.2, 0) is 9.47 Å². The molecule has 0 aliphatic carbocycles. The van der Waals surface area contributed by atoms with Gasteiger partial charge in [0.25, 0.3) is 0 Å². The Kier molecular flexibility index (Phi) is 5.18. The standard InChI is InChI=1S/C9H15IO2/c1-8(6-10)7-12-9-4-2-3-5-11-9/h9H,1-7H2. The Hall–Kier alpha value is 0.390. The number of hydrogen-bond donors (Lipinski definition) is 0. The zero-order chi connectivity index (χ0) is 8.81. The van der Waals surface area contributed by atoms with E-state index in [0.717, 1.165) is 23.0 Å². The van der Waals surface area contributed by atoms with E-state index >= 15 is 0 Å². The lowest BCUT2D eigenvalue weighted by atomic mass is 10.2. The summed E-state index contributed by atoms with van der Waals surface area (Å²) in [6.07, 6.45) is 3.46. The maximum absolute atomic E-state index is 5.51. The second-order valence-corrected chi connectivity index (χ2v) is 3.75. The van der Waals surface area contributed by atoms with Crippen LogP contribution in [0.5, 0.6) is 0 Å². The van der Waals surface area contributed by atoms with Crippen LogP contribution in [0, 0.1) is 0 Å². The van der Waals surface area contributed by atoms with Gasteiger partial charge in [-0.3, -0.25) is 0 Å². The summed E-state index contributed by atoms with van der Waals surface area (Å²) in [5.74, 6) is 0. The van der Waals surface area contributed by atoms with Crippen molar-refractivity contribution in [2.24, 2.45) is 0 Å². The number of rotatable bonds is 4. The van der Waals surface area contributed by atoms with Crippen molar-refractivity contribution >= 4 is 22.6 Å². The van der Waals surface area contributed by atoms with Crippen LogP contribution in [0.15, 0.2) is 12.2 Å². The van der Waals surface area contributed by atoms with Gasteiger partial charge in [0.15, 0.2) is 6.29 Å². The Labute approximate surface area is 87.5 Å². The summed E-state index contributed by atoms with van der Waals surface area (Å²) in [7, 11) is 0. The minimum absolute atomic E-state index is 0.0263. The SMILES string of the molecule is C=C(CI)COC1CCCCO1. The van der Waals surface area contributed by atoms with E-state index in [0.29, 0.717) is 6.61 Å². The molecule has 0 aromatic carbocycles. The second-order valence-electron chi connectivity index (χ2n) is 2.99. The van der Waals surface area contributed by atoms with Crippen LogP contribution < -0.4 is 0 Å². The maximum atomic E-state index is 5.51. The molecular weight excluding hydrogens is 267 g/mol. The van der Waals surface area contributed by atoms with Crippen LogP contribution in [0.25, 0.3) is 0 Å². The van der Waals surface area contributed by atoms with Gasteiger partial charge in [-0.25, -0.2) is 0 Å². The molecular formula is C9H15IO2. The topological polar surface area (TPSA) is 18.5 Å². The molecule has 0 spiro atoms. The zero-order valence-corrected chi connectivity index (χ0v) is 9.38. The first-order chi connectivity index (χ1) is 5.83. The van der Waals surface area contributed by atoms with Gasteiger partial charge in [-0.05, 0) is 24.8 Å². The summed E-state index contributed by atoms with van der Waals surface area (Å²) in [6.45, 7) is 5.36. The summed E-state index contributed by atoms with van der Waals surface area (Å²) in [5, 5.41) is 0. The van der Waals surface area contributed by atoms with Crippen LogP contribution in [0.3, 0.4) is 0 Å². The van der Waals surface area contributed by atoms with E-state index in [1.807, 2.05) is 0 Å². The monoisotopic (exact) mass is 282 g/mol. The van der Waals surface area contributed by atoms with E-state index in [1.54, 1.807) is 0 Å². The number of halogens is 1. The van der Waals surface area contributed by atoms with E-state index in [9.17, 15) is 0 Å². The largest absolute Gasteiger partial charge is 0.353 e. The molecule has 1 saturated heterocycles. The van der Waals surface area contributed by atoms with Crippen molar-refractivity contribution in [2.75, 3.05) is 17.6 Å². The molecule has 1 rings (SSSR count). The Balaban J connectivity index is 2.09. The fourth-order valence-corrected chi connectivity index (χ4v) is 1.31. The van der Waals surface area contributed by atoms with Crippen molar-refractivity contribution in [3.8, 4) is 0 Å². The lowest BCUT2D eigenvalue weighted by Crippen LogP contribution is -2.23. The molecule has 0 saturated carbocycles. The Bertz CT molecular complexity index is 141. The molecule has 1 unspecified atom stereocenters. The second kappa shape index (κ2) is 5.94. The molecule has 70 valence electrons. The van der Waals surface area contributed by atoms with Crippen molar-refractivity contribution in [2.45, 2.75) is 25.6 Å². The third kappa shape index (κ3) is 3.87. The van der Waals surface area contributed by atoms with Gasteiger partial charge in [-0.1, -0.05) is 29.2 Å². The predicted octanol–water partition coefficient (Wildman–Crippen LogP) is 2.52. The molecule has 0 aromatic heterocycles. The zero-order valence-electron chi connectivity index (χ0n) is 7.22. The van der Waals surface area contributed by atoms with Gasteiger partial charge < -0.3 is 9.47 Å². The van der Waals surface area contributed by atoms with Crippen molar-refractivity contribution in [1.29, 1.82) is 0 Å². The van der Waals surface area contributed by atoms with E-state index in [4.69, 9.17) is 9.47 Å². The first-order valence-electron chi connectivity index (χ1n) is 4.28. The van der Waals surface area contributed by atoms with E-state index in [2.05, 4.69) is 29.2 Å². The van der Waals surface area contributed by atoms with E-state index < -0.39 is 0 Å². The molecule has 1 aliphatic heterocycles. The maximum Gasteiger partial charge on any atom is 0.158 e. The summed E-state index contributed by atoms with van der Waals surface area (Å²) < 4.78 is 11.9. The summed E-state index contributed by atoms with van der Waals surface area (Å²) >= 11 is 2.29. The fraction of sp³-hybridized carbons (Fsp3) is 0.778. The number of hydrogen-bond acceptors (Lipinski definition) is 2. The molecule has 1 aliphatic rings. The molecule has 1 atom stereocenters. The lowest BCUT2D eigenvalue weighted by Gasteiger charge is -2.22. The average molecular weight is 282 g/mol. The molecule has 0 N–H and O–H groups in total. The van der Waals surface area contributed by atoms with Gasteiger partial charge in [0.1, 0.15) is 0 Å². The summed E-state index contributed by atoms with van der Waals surface area (Å²) in [5.41, 5.74) is 1.13. The molecule has 0 amide bonds. The number of alkyl halides is 1. The lowest BCUT2D eigenvalue weighted by molar-refractivity contribution is -0.156. The minimum atomic E-state index is 0.0263. The smallest absolute Gasteiger partial charge is 0.158 e.